The summed E-state index contributed by atoms with van der Waals surface area (Å²) in [5, 5.41) is 5.37. The van der Waals surface area contributed by atoms with Crippen molar-refractivity contribution in [2.75, 3.05) is 17.7 Å². The normalized spacial score (nSPS) is 11.3. The van der Waals surface area contributed by atoms with Crippen molar-refractivity contribution in [3.05, 3.63) is 89.7 Å². The standard InChI is InChI=1S/C23H22FN3O3S/c1-15(16-6-5-7-19(14-16)30-2)31-27-23(29)26-18-12-10-17(11-13-18)25-22(28)20-8-3-4-9-21(20)24/h3-15H,1-2H3,(H,25,28)(H2,26,27,29). The Morgan fingerprint density at radius 2 is 1.61 bits per heavy atom. The van der Waals surface area contributed by atoms with Crippen LogP contribution in [-0.2, 0) is 0 Å². The lowest BCUT2D eigenvalue weighted by Gasteiger charge is -2.14. The van der Waals surface area contributed by atoms with Gasteiger partial charge in [0.2, 0.25) is 0 Å². The molecule has 3 N–H and O–H groups in total. The maximum Gasteiger partial charge on any atom is 0.329 e. The zero-order valence-electron chi connectivity index (χ0n) is 17.0. The third-order valence-electron chi connectivity index (χ3n) is 4.41. The highest BCUT2D eigenvalue weighted by molar-refractivity contribution is 7.98. The van der Waals surface area contributed by atoms with Gasteiger partial charge in [-0.2, -0.15) is 0 Å². The number of methoxy groups -OCH3 is 1. The molecule has 31 heavy (non-hydrogen) atoms. The van der Waals surface area contributed by atoms with E-state index >= 15 is 0 Å². The molecular weight excluding hydrogens is 417 g/mol. The van der Waals surface area contributed by atoms with Gasteiger partial charge in [0.15, 0.2) is 0 Å². The molecule has 0 aromatic heterocycles. The van der Waals surface area contributed by atoms with E-state index in [9.17, 15) is 14.0 Å². The highest BCUT2D eigenvalue weighted by Crippen LogP contribution is 2.28. The maximum atomic E-state index is 13.7. The van der Waals surface area contributed by atoms with Gasteiger partial charge in [0, 0.05) is 16.6 Å². The number of urea groups is 1. The minimum Gasteiger partial charge on any atom is -0.497 e. The van der Waals surface area contributed by atoms with Crippen LogP contribution in [-0.4, -0.2) is 19.0 Å². The van der Waals surface area contributed by atoms with Gasteiger partial charge >= 0.3 is 6.03 Å². The summed E-state index contributed by atoms with van der Waals surface area (Å²) in [4.78, 5) is 24.3. The Bertz CT molecular complexity index is 1060. The molecule has 160 valence electrons. The van der Waals surface area contributed by atoms with E-state index in [2.05, 4.69) is 15.4 Å². The van der Waals surface area contributed by atoms with Gasteiger partial charge in [0.25, 0.3) is 5.91 Å². The molecule has 0 radical (unpaired) electrons. The van der Waals surface area contributed by atoms with Crippen LogP contribution in [0.5, 0.6) is 5.75 Å². The highest BCUT2D eigenvalue weighted by Gasteiger charge is 2.12. The summed E-state index contributed by atoms with van der Waals surface area (Å²) in [5.74, 6) is -0.369. The van der Waals surface area contributed by atoms with Gasteiger partial charge in [-0.25, -0.2) is 9.18 Å². The maximum absolute atomic E-state index is 13.7. The third kappa shape index (κ3) is 6.23. The first-order chi connectivity index (χ1) is 15.0. The van der Waals surface area contributed by atoms with Crippen LogP contribution in [0.15, 0.2) is 72.8 Å². The predicted octanol–water partition coefficient (Wildman–Crippen LogP) is 5.62. The Kier molecular flexibility index (Phi) is 7.50. The van der Waals surface area contributed by atoms with Crippen molar-refractivity contribution in [3.63, 3.8) is 0 Å². The molecule has 0 heterocycles. The fourth-order valence-corrected chi connectivity index (χ4v) is 3.36. The van der Waals surface area contributed by atoms with Gasteiger partial charge < -0.3 is 15.4 Å². The van der Waals surface area contributed by atoms with E-state index < -0.39 is 11.7 Å². The van der Waals surface area contributed by atoms with Crippen molar-refractivity contribution in [2.24, 2.45) is 0 Å². The molecule has 0 saturated heterocycles. The molecular formula is C23H22FN3O3S. The van der Waals surface area contributed by atoms with Crippen LogP contribution >= 0.6 is 11.9 Å². The van der Waals surface area contributed by atoms with Crippen LogP contribution in [0.3, 0.4) is 0 Å². The van der Waals surface area contributed by atoms with Gasteiger partial charge in [-0.1, -0.05) is 24.3 Å². The van der Waals surface area contributed by atoms with Gasteiger partial charge in [0.05, 0.1) is 12.7 Å². The number of benzene rings is 3. The first kappa shape index (κ1) is 22.2. The average molecular weight is 440 g/mol. The highest BCUT2D eigenvalue weighted by atomic mass is 32.2. The quantitative estimate of drug-likeness (QED) is 0.418. The monoisotopic (exact) mass is 439 g/mol. The van der Waals surface area contributed by atoms with E-state index in [1.165, 1.54) is 30.1 Å². The minimum absolute atomic E-state index is 0.0248. The SMILES string of the molecule is COc1cccc(C(C)SNC(=O)Nc2ccc(NC(=O)c3ccccc3F)cc2)c1. The average Bonchev–Trinajstić information content (AvgIpc) is 2.79. The Balaban J connectivity index is 1.50. The van der Waals surface area contributed by atoms with Crippen molar-refractivity contribution in [2.45, 2.75) is 12.2 Å². The minimum atomic E-state index is -0.587. The molecule has 0 aliphatic rings. The van der Waals surface area contributed by atoms with Crippen molar-refractivity contribution in [3.8, 4) is 5.75 Å². The molecule has 0 fully saturated rings. The number of carbonyl (C=O) groups is 2. The second kappa shape index (κ2) is 10.5. The van der Waals surface area contributed by atoms with Crippen LogP contribution in [0.1, 0.15) is 28.1 Å². The summed E-state index contributed by atoms with van der Waals surface area (Å²) >= 11 is 1.28. The molecule has 1 unspecified atom stereocenters. The summed E-state index contributed by atoms with van der Waals surface area (Å²) in [5.41, 5.74) is 2.03. The molecule has 0 bridgehead atoms. The zero-order chi connectivity index (χ0) is 22.2. The lowest BCUT2D eigenvalue weighted by atomic mass is 10.1. The van der Waals surface area contributed by atoms with E-state index in [0.717, 1.165) is 11.3 Å². The van der Waals surface area contributed by atoms with Crippen molar-refractivity contribution < 1.29 is 18.7 Å². The van der Waals surface area contributed by atoms with Crippen LogP contribution in [0.2, 0.25) is 0 Å². The molecule has 3 aromatic rings. The summed E-state index contributed by atoms with van der Waals surface area (Å²) in [7, 11) is 1.61. The van der Waals surface area contributed by atoms with Crippen molar-refractivity contribution >= 4 is 35.3 Å². The van der Waals surface area contributed by atoms with Crippen molar-refractivity contribution in [1.29, 1.82) is 0 Å². The number of amides is 3. The zero-order valence-corrected chi connectivity index (χ0v) is 17.8. The van der Waals surface area contributed by atoms with E-state index in [-0.39, 0.29) is 16.8 Å². The molecule has 8 heteroatoms. The van der Waals surface area contributed by atoms with E-state index in [0.29, 0.717) is 11.4 Å². The molecule has 0 spiro atoms. The van der Waals surface area contributed by atoms with E-state index in [1.807, 2.05) is 31.2 Å². The predicted molar refractivity (Wildman–Crippen MR) is 122 cm³/mol. The summed E-state index contributed by atoms with van der Waals surface area (Å²) in [6.45, 7) is 1.98. The van der Waals surface area contributed by atoms with Crippen molar-refractivity contribution in [1.82, 2.24) is 4.72 Å². The fraction of sp³-hybridized carbons (Fsp3) is 0.130. The molecule has 0 aliphatic carbocycles. The number of nitrogens with one attached hydrogen (secondary N) is 3. The number of carbonyl (C=O) groups excluding carboxylic acids is 2. The molecule has 3 rings (SSSR count). The van der Waals surface area contributed by atoms with Gasteiger partial charge in [-0.3, -0.25) is 9.52 Å². The molecule has 1 atom stereocenters. The lowest BCUT2D eigenvalue weighted by molar-refractivity contribution is 0.102. The Hall–Kier alpha value is -3.52. The topological polar surface area (TPSA) is 79.5 Å². The summed E-state index contributed by atoms with van der Waals surface area (Å²) < 4.78 is 21.7. The third-order valence-corrected chi connectivity index (χ3v) is 5.34. The van der Waals surface area contributed by atoms with Crippen LogP contribution in [0.25, 0.3) is 0 Å². The largest absolute Gasteiger partial charge is 0.497 e. The molecule has 3 aromatic carbocycles. The number of hydrogen-bond donors (Lipinski definition) is 3. The number of anilines is 2. The van der Waals surface area contributed by atoms with Gasteiger partial charge in [-0.15, -0.1) is 0 Å². The fourth-order valence-electron chi connectivity index (χ4n) is 2.74. The first-order valence-corrected chi connectivity index (χ1v) is 10.4. The smallest absolute Gasteiger partial charge is 0.329 e. The summed E-state index contributed by atoms with van der Waals surface area (Å²) in [6, 6.07) is 19.6. The Morgan fingerprint density at radius 3 is 2.29 bits per heavy atom. The number of ether oxygens (including phenoxy) is 1. The number of halogens is 1. The van der Waals surface area contributed by atoms with Crippen LogP contribution in [0, 0.1) is 5.82 Å². The molecule has 3 amide bonds. The van der Waals surface area contributed by atoms with Crippen LogP contribution < -0.4 is 20.1 Å². The molecule has 6 nitrogen and oxygen atoms in total. The van der Waals surface area contributed by atoms with E-state index in [4.69, 9.17) is 4.74 Å². The lowest BCUT2D eigenvalue weighted by Crippen LogP contribution is -2.23. The number of hydrogen-bond acceptors (Lipinski definition) is 4. The Morgan fingerprint density at radius 1 is 0.935 bits per heavy atom. The second-order valence-corrected chi connectivity index (χ2v) is 7.75. The second-order valence-electron chi connectivity index (χ2n) is 6.60. The summed E-state index contributed by atoms with van der Waals surface area (Å²) in [6.07, 6.45) is 0. The Labute approximate surface area is 184 Å². The molecule has 0 aliphatic heterocycles. The first-order valence-electron chi connectivity index (χ1n) is 9.49. The molecule has 0 saturated carbocycles. The van der Waals surface area contributed by atoms with Crippen LogP contribution in [0.4, 0.5) is 20.6 Å². The van der Waals surface area contributed by atoms with Gasteiger partial charge in [0.1, 0.15) is 11.6 Å². The number of rotatable bonds is 7. The van der Waals surface area contributed by atoms with E-state index in [1.54, 1.807) is 37.4 Å². The van der Waals surface area contributed by atoms with Gasteiger partial charge in [-0.05, 0) is 73.0 Å².